The molecule has 0 unspecified atom stereocenters. The van der Waals surface area contributed by atoms with Gasteiger partial charge in [0.05, 0.1) is 6.20 Å². The fourth-order valence-electron chi connectivity index (χ4n) is 3.08. The van der Waals surface area contributed by atoms with E-state index < -0.39 is 0 Å². The van der Waals surface area contributed by atoms with Crippen molar-refractivity contribution in [1.82, 2.24) is 24.5 Å². The molecule has 1 aromatic carbocycles. The number of aromatic amines is 1. The minimum Gasteiger partial charge on any atom is -0.309 e. The molecular weight excluding hydrogens is 320 g/mol. The van der Waals surface area contributed by atoms with Gasteiger partial charge in [-0.15, -0.1) is 0 Å². The van der Waals surface area contributed by atoms with Crippen LogP contribution in [0.2, 0.25) is 0 Å². The highest BCUT2D eigenvalue weighted by Crippen LogP contribution is 2.25. The Morgan fingerprint density at radius 2 is 2.08 bits per heavy atom. The molecule has 1 aliphatic rings. The lowest BCUT2D eigenvalue weighted by Gasteiger charge is -2.09. The molecule has 0 spiro atoms. The molecule has 3 aromatic rings. The summed E-state index contributed by atoms with van der Waals surface area (Å²) in [6.45, 7) is 0.556. The number of aryl methyl sites for hydroxylation is 1. The van der Waals surface area contributed by atoms with Crippen LogP contribution in [-0.2, 0) is 24.3 Å². The van der Waals surface area contributed by atoms with E-state index in [9.17, 15) is 9.59 Å². The molecular formula is C17H18N6O2. The molecule has 2 N–H and O–H groups in total. The van der Waals surface area contributed by atoms with Crippen LogP contribution in [0, 0.1) is 0 Å². The highest BCUT2D eigenvalue weighted by Gasteiger charge is 2.19. The molecule has 0 bridgehead atoms. The quantitative estimate of drug-likeness (QED) is 0.751. The van der Waals surface area contributed by atoms with E-state index in [1.165, 1.54) is 4.68 Å². The molecule has 0 saturated carbocycles. The molecule has 0 atom stereocenters. The number of benzene rings is 1. The molecule has 8 heteroatoms. The Kier molecular flexibility index (Phi) is 3.93. The van der Waals surface area contributed by atoms with Gasteiger partial charge in [-0.25, -0.2) is 9.48 Å². The van der Waals surface area contributed by atoms with Crippen LogP contribution in [0.25, 0.3) is 11.1 Å². The number of amides is 1. The van der Waals surface area contributed by atoms with Crippen molar-refractivity contribution in [2.75, 3.05) is 5.32 Å². The van der Waals surface area contributed by atoms with Crippen LogP contribution in [0.15, 0.2) is 41.3 Å². The SMILES string of the molecule is O=C(Cn1nc2n(c1=O)CCCC2)Nc1[nH]ncc1-c1ccccc1. The first-order valence-electron chi connectivity index (χ1n) is 8.27. The van der Waals surface area contributed by atoms with Gasteiger partial charge in [0.2, 0.25) is 5.91 Å². The van der Waals surface area contributed by atoms with Crippen LogP contribution in [0.5, 0.6) is 0 Å². The number of nitrogens with one attached hydrogen (secondary N) is 2. The van der Waals surface area contributed by atoms with E-state index >= 15 is 0 Å². The fourth-order valence-corrected chi connectivity index (χ4v) is 3.08. The average molecular weight is 338 g/mol. The monoisotopic (exact) mass is 338 g/mol. The van der Waals surface area contributed by atoms with Crippen molar-refractivity contribution in [2.24, 2.45) is 0 Å². The number of aromatic nitrogens is 5. The zero-order valence-corrected chi connectivity index (χ0v) is 13.6. The minimum absolute atomic E-state index is 0.119. The summed E-state index contributed by atoms with van der Waals surface area (Å²) in [4.78, 5) is 24.7. The first-order chi connectivity index (χ1) is 12.2. The van der Waals surface area contributed by atoms with Crippen LogP contribution in [0.1, 0.15) is 18.7 Å². The molecule has 0 aliphatic carbocycles. The molecule has 4 rings (SSSR count). The summed E-state index contributed by atoms with van der Waals surface area (Å²) in [5.41, 5.74) is 1.52. The maximum absolute atomic E-state index is 12.4. The predicted octanol–water partition coefficient (Wildman–Crippen LogP) is 1.41. The highest BCUT2D eigenvalue weighted by atomic mass is 16.2. The van der Waals surface area contributed by atoms with Gasteiger partial charge in [-0.2, -0.15) is 10.2 Å². The van der Waals surface area contributed by atoms with Crippen molar-refractivity contribution in [3.05, 3.63) is 52.8 Å². The van der Waals surface area contributed by atoms with Crippen LogP contribution >= 0.6 is 0 Å². The molecule has 8 nitrogen and oxygen atoms in total. The third-order valence-electron chi connectivity index (χ3n) is 4.31. The van der Waals surface area contributed by atoms with Gasteiger partial charge >= 0.3 is 5.69 Å². The minimum atomic E-state index is -0.320. The molecule has 0 fully saturated rings. The summed E-state index contributed by atoms with van der Waals surface area (Å²) in [6, 6.07) is 9.64. The second-order valence-corrected chi connectivity index (χ2v) is 6.04. The van der Waals surface area contributed by atoms with Gasteiger partial charge in [0, 0.05) is 18.5 Å². The number of hydrogen-bond donors (Lipinski definition) is 2. The maximum atomic E-state index is 12.4. The average Bonchev–Trinajstić information content (AvgIpc) is 3.21. The molecule has 3 heterocycles. The standard InChI is InChI=1S/C17H18N6O2/c24-15(11-23-17(25)22-9-5-4-8-14(22)21-23)19-16-13(10-18-20-16)12-6-2-1-3-7-12/h1-3,6-7,10H,4-5,8-9,11H2,(H2,18,19,20,24). The maximum Gasteiger partial charge on any atom is 0.346 e. The number of H-pyrrole nitrogens is 1. The van der Waals surface area contributed by atoms with E-state index in [4.69, 9.17) is 0 Å². The summed E-state index contributed by atoms with van der Waals surface area (Å²) in [6.07, 6.45) is 4.44. The van der Waals surface area contributed by atoms with Gasteiger partial charge in [-0.1, -0.05) is 30.3 Å². The number of hydrogen-bond acceptors (Lipinski definition) is 4. The van der Waals surface area contributed by atoms with Crippen molar-refractivity contribution in [3.8, 4) is 11.1 Å². The Morgan fingerprint density at radius 3 is 2.88 bits per heavy atom. The summed E-state index contributed by atoms with van der Waals surface area (Å²) in [5.74, 6) is 0.947. The number of rotatable bonds is 4. The van der Waals surface area contributed by atoms with Gasteiger partial charge in [0.25, 0.3) is 0 Å². The van der Waals surface area contributed by atoms with E-state index in [1.807, 2.05) is 30.3 Å². The second kappa shape index (κ2) is 6.39. The van der Waals surface area contributed by atoms with Gasteiger partial charge < -0.3 is 5.32 Å². The van der Waals surface area contributed by atoms with Crippen molar-refractivity contribution in [2.45, 2.75) is 32.4 Å². The Morgan fingerprint density at radius 1 is 1.24 bits per heavy atom. The summed E-state index contributed by atoms with van der Waals surface area (Å²) < 4.78 is 2.89. The largest absolute Gasteiger partial charge is 0.346 e. The topological polar surface area (TPSA) is 97.6 Å². The van der Waals surface area contributed by atoms with Crippen LogP contribution in [-0.4, -0.2) is 30.5 Å². The van der Waals surface area contributed by atoms with Crippen molar-refractivity contribution in [1.29, 1.82) is 0 Å². The van der Waals surface area contributed by atoms with E-state index in [0.29, 0.717) is 12.4 Å². The molecule has 25 heavy (non-hydrogen) atoms. The number of carbonyl (C=O) groups excluding carboxylic acids is 1. The van der Waals surface area contributed by atoms with Crippen molar-refractivity contribution >= 4 is 11.7 Å². The fraction of sp³-hybridized carbons (Fsp3) is 0.294. The van der Waals surface area contributed by atoms with E-state index in [2.05, 4.69) is 20.6 Å². The highest BCUT2D eigenvalue weighted by molar-refractivity contribution is 5.93. The number of carbonyl (C=O) groups is 1. The molecule has 1 amide bonds. The van der Waals surface area contributed by atoms with Gasteiger partial charge in [0.15, 0.2) is 0 Å². The van der Waals surface area contributed by atoms with E-state index in [-0.39, 0.29) is 18.1 Å². The summed E-state index contributed by atoms with van der Waals surface area (Å²) in [5, 5.41) is 13.9. The summed E-state index contributed by atoms with van der Waals surface area (Å²) >= 11 is 0. The van der Waals surface area contributed by atoms with Crippen LogP contribution < -0.4 is 11.0 Å². The van der Waals surface area contributed by atoms with Crippen molar-refractivity contribution in [3.63, 3.8) is 0 Å². The van der Waals surface area contributed by atoms with E-state index in [0.717, 1.165) is 36.2 Å². The lowest BCUT2D eigenvalue weighted by molar-refractivity contribution is -0.117. The Balaban J connectivity index is 1.52. The second-order valence-electron chi connectivity index (χ2n) is 6.04. The number of nitrogens with zero attached hydrogens (tertiary/aromatic N) is 4. The first kappa shape index (κ1) is 15.4. The first-order valence-corrected chi connectivity index (χ1v) is 8.27. The molecule has 1 aliphatic heterocycles. The smallest absolute Gasteiger partial charge is 0.309 e. The van der Waals surface area contributed by atoms with Crippen molar-refractivity contribution < 1.29 is 4.79 Å². The normalized spacial score (nSPS) is 13.4. The zero-order valence-electron chi connectivity index (χ0n) is 13.6. The lowest BCUT2D eigenvalue weighted by atomic mass is 10.1. The Labute approximate surface area is 143 Å². The zero-order chi connectivity index (χ0) is 17.2. The number of fused-ring (bicyclic) bond motifs is 1. The van der Waals surface area contributed by atoms with Crippen LogP contribution in [0.3, 0.4) is 0 Å². The summed E-state index contributed by atoms with van der Waals surface area (Å²) in [7, 11) is 0. The third kappa shape index (κ3) is 2.98. The molecule has 2 aromatic heterocycles. The molecule has 128 valence electrons. The number of anilines is 1. The van der Waals surface area contributed by atoms with E-state index in [1.54, 1.807) is 10.8 Å². The van der Waals surface area contributed by atoms with Crippen LogP contribution in [0.4, 0.5) is 5.82 Å². The Hall–Kier alpha value is -3.16. The van der Waals surface area contributed by atoms with Gasteiger partial charge in [-0.05, 0) is 18.4 Å². The molecule has 0 radical (unpaired) electrons. The lowest BCUT2D eigenvalue weighted by Crippen LogP contribution is -2.31. The third-order valence-corrected chi connectivity index (χ3v) is 4.31. The Bertz CT molecular complexity index is 953. The molecule has 0 saturated heterocycles. The predicted molar refractivity (Wildman–Crippen MR) is 92.1 cm³/mol. The van der Waals surface area contributed by atoms with Gasteiger partial charge in [-0.3, -0.25) is 14.5 Å². The van der Waals surface area contributed by atoms with Gasteiger partial charge in [0.1, 0.15) is 18.2 Å².